The number of aliphatic imine (C=N–C) groups is 1. The highest BCUT2D eigenvalue weighted by atomic mass is 32.2. The third-order valence-electron chi connectivity index (χ3n) is 4.08. The minimum Gasteiger partial charge on any atom is -0.383 e. The molecular weight excluding hydrogens is 364 g/mol. The minimum atomic E-state index is -3.55. The van der Waals surface area contributed by atoms with Crippen LogP contribution in [0.3, 0.4) is 0 Å². The second-order valence-corrected chi connectivity index (χ2v) is 8.20. The van der Waals surface area contributed by atoms with E-state index in [0.717, 1.165) is 18.5 Å². The summed E-state index contributed by atoms with van der Waals surface area (Å²) in [6.45, 7) is 3.90. The van der Waals surface area contributed by atoms with Gasteiger partial charge in [-0.1, -0.05) is 51.2 Å². The fourth-order valence-electron chi connectivity index (χ4n) is 2.53. The van der Waals surface area contributed by atoms with Crippen LogP contribution in [0.5, 0.6) is 0 Å². The van der Waals surface area contributed by atoms with Crippen molar-refractivity contribution in [1.82, 2.24) is 10.0 Å². The van der Waals surface area contributed by atoms with Gasteiger partial charge in [0.1, 0.15) is 0 Å². The highest BCUT2D eigenvalue weighted by Gasteiger charge is 2.13. The van der Waals surface area contributed by atoms with Crippen LogP contribution in [0.15, 0.2) is 34.2 Å². The van der Waals surface area contributed by atoms with Crippen molar-refractivity contribution in [2.24, 2.45) is 10.7 Å². The SMILES string of the molecule is CCCCCCCCNC(N)=NCc1cccc(S(=O)(=O)NCCOC)c1. The number of sulfonamides is 1. The number of nitrogens with one attached hydrogen (secondary N) is 2. The molecule has 27 heavy (non-hydrogen) atoms. The third kappa shape index (κ3) is 10.3. The average Bonchev–Trinajstić information content (AvgIpc) is 2.66. The number of ether oxygens (including phenoxy) is 1. The maximum Gasteiger partial charge on any atom is 0.240 e. The molecule has 7 nitrogen and oxygen atoms in total. The topological polar surface area (TPSA) is 106 Å². The predicted molar refractivity (Wildman–Crippen MR) is 110 cm³/mol. The molecule has 0 saturated carbocycles. The molecular formula is C19H34N4O3S. The molecule has 0 aromatic heterocycles. The number of unbranched alkanes of at least 4 members (excludes halogenated alkanes) is 5. The summed E-state index contributed by atoms with van der Waals surface area (Å²) < 4.78 is 31.8. The number of methoxy groups -OCH3 is 1. The van der Waals surface area contributed by atoms with E-state index in [1.807, 2.05) is 6.07 Å². The van der Waals surface area contributed by atoms with Crippen LogP contribution in [-0.4, -0.2) is 41.2 Å². The van der Waals surface area contributed by atoms with Crippen LogP contribution in [0.4, 0.5) is 0 Å². The Kier molecular flexibility index (Phi) is 11.7. The van der Waals surface area contributed by atoms with Gasteiger partial charge in [0.25, 0.3) is 0 Å². The summed E-state index contributed by atoms with van der Waals surface area (Å²) in [6.07, 6.45) is 7.36. The lowest BCUT2D eigenvalue weighted by Crippen LogP contribution is -2.32. The number of nitrogens with zero attached hydrogens (tertiary/aromatic N) is 1. The van der Waals surface area contributed by atoms with Gasteiger partial charge in [-0.25, -0.2) is 18.1 Å². The molecule has 0 unspecified atom stereocenters. The Morgan fingerprint density at radius 1 is 1.15 bits per heavy atom. The molecule has 1 aromatic carbocycles. The highest BCUT2D eigenvalue weighted by molar-refractivity contribution is 7.89. The summed E-state index contributed by atoms with van der Waals surface area (Å²) in [7, 11) is -2.02. The molecule has 0 radical (unpaired) electrons. The molecule has 1 aromatic rings. The van der Waals surface area contributed by atoms with Crippen LogP contribution in [0.2, 0.25) is 0 Å². The van der Waals surface area contributed by atoms with Gasteiger partial charge in [0, 0.05) is 20.2 Å². The zero-order valence-corrected chi connectivity index (χ0v) is 17.4. The van der Waals surface area contributed by atoms with Gasteiger partial charge >= 0.3 is 0 Å². The molecule has 0 bridgehead atoms. The molecule has 0 spiro atoms. The number of hydrogen-bond donors (Lipinski definition) is 3. The second-order valence-electron chi connectivity index (χ2n) is 6.43. The fourth-order valence-corrected chi connectivity index (χ4v) is 3.61. The van der Waals surface area contributed by atoms with Gasteiger partial charge < -0.3 is 15.8 Å². The van der Waals surface area contributed by atoms with Crippen molar-refractivity contribution in [1.29, 1.82) is 0 Å². The van der Waals surface area contributed by atoms with E-state index < -0.39 is 10.0 Å². The van der Waals surface area contributed by atoms with E-state index in [1.165, 1.54) is 39.2 Å². The molecule has 4 N–H and O–H groups in total. The van der Waals surface area contributed by atoms with E-state index in [4.69, 9.17) is 10.5 Å². The van der Waals surface area contributed by atoms with Crippen molar-refractivity contribution >= 4 is 16.0 Å². The third-order valence-corrected chi connectivity index (χ3v) is 5.53. The van der Waals surface area contributed by atoms with Crippen molar-refractivity contribution in [3.8, 4) is 0 Å². The number of benzene rings is 1. The van der Waals surface area contributed by atoms with Crippen molar-refractivity contribution in [3.05, 3.63) is 29.8 Å². The lowest BCUT2D eigenvalue weighted by molar-refractivity contribution is 0.204. The molecule has 0 atom stereocenters. The zero-order chi connectivity index (χ0) is 20.0. The largest absolute Gasteiger partial charge is 0.383 e. The zero-order valence-electron chi connectivity index (χ0n) is 16.5. The number of hydrogen-bond acceptors (Lipinski definition) is 4. The fraction of sp³-hybridized carbons (Fsp3) is 0.632. The summed E-state index contributed by atoms with van der Waals surface area (Å²) in [4.78, 5) is 4.50. The maximum absolute atomic E-state index is 12.2. The van der Waals surface area contributed by atoms with E-state index in [-0.39, 0.29) is 11.4 Å². The molecule has 0 saturated heterocycles. The normalized spacial score (nSPS) is 12.3. The molecule has 0 fully saturated rings. The van der Waals surface area contributed by atoms with Gasteiger partial charge in [0.05, 0.1) is 18.0 Å². The van der Waals surface area contributed by atoms with Crippen molar-refractivity contribution < 1.29 is 13.2 Å². The average molecular weight is 399 g/mol. The molecule has 8 heteroatoms. The van der Waals surface area contributed by atoms with Crippen LogP contribution < -0.4 is 15.8 Å². The summed E-state index contributed by atoms with van der Waals surface area (Å²) in [5, 5.41) is 3.11. The number of guanidine groups is 1. The molecule has 1 rings (SSSR count). The van der Waals surface area contributed by atoms with E-state index in [1.54, 1.807) is 18.2 Å². The van der Waals surface area contributed by atoms with E-state index >= 15 is 0 Å². The Balaban J connectivity index is 2.44. The number of rotatable bonds is 14. The van der Waals surface area contributed by atoms with Crippen LogP contribution >= 0.6 is 0 Å². The molecule has 154 valence electrons. The minimum absolute atomic E-state index is 0.213. The molecule has 0 heterocycles. The Morgan fingerprint density at radius 3 is 2.63 bits per heavy atom. The van der Waals surface area contributed by atoms with Crippen LogP contribution in [-0.2, 0) is 21.3 Å². The van der Waals surface area contributed by atoms with Gasteiger partial charge in [0.15, 0.2) is 5.96 Å². The first-order valence-corrected chi connectivity index (χ1v) is 11.1. The summed E-state index contributed by atoms with van der Waals surface area (Å²) in [6, 6.07) is 6.70. The van der Waals surface area contributed by atoms with Crippen molar-refractivity contribution in [3.63, 3.8) is 0 Å². The van der Waals surface area contributed by atoms with Crippen LogP contribution in [0.1, 0.15) is 51.0 Å². The maximum atomic E-state index is 12.2. The van der Waals surface area contributed by atoms with Crippen molar-refractivity contribution in [2.45, 2.75) is 56.9 Å². The Labute approximate surface area is 163 Å². The first-order valence-electron chi connectivity index (χ1n) is 9.61. The molecule has 0 aliphatic rings. The second kappa shape index (κ2) is 13.5. The molecule has 0 aliphatic carbocycles. The first-order chi connectivity index (χ1) is 13.0. The Hall–Kier alpha value is -1.64. The van der Waals surface area contributed by atoms with Crippen molar-refractivity contribution in [2.75, 3.05) is 26.8 Å². The Morgan fingerprint density at radius 2 is 1.89 bits per heavy atom. The Bertz CT molecular complexity index is 663. The van der Waals surface area contributed by atoms with Gasteiger partial charge in [-0.05, 0) is 24.1 Å². The van der Waals surface area contributed by atoms with Gasteiger partial charge in [0.2, 0.25) is 10.0 Å². The standard InChI is InChI=1S/C19H34N4O3S/c1-3-4-5-6-7-8-12-21-19(20)22-16-17-10-9-11-18(15-17)27(24,25)23-13-14-26-2/h9-11,15,23H,3-8,12-14,16H2,1-2H3,(H3,20,21,22). The summed E-state index contributed by atoms with van der Waals surface area (Å²) >= 11 is 0. The van der Waals surface area contributed by atoms with E-state index in [2.05, 4.69) is 22.0 Å². The van der Waals surface area contributed by atoms with E-state index in [9.17, 15) is 8.42 Å². The highest BCUT2D eigenvalue weighted by Crippen LogP contribution is 2.12. The monoisotopic (exact) mass is 398 g/mol. The molecule has 0 amide bonds. The van der Waals surface area contributed by atoms with Gasteiger partial charge in [-0.15, -0.1) is 0 Å². The smallest absolute Gasteiger partial charge is 0.240 e. The molecule has 0 aliphatic heterocycles. The quantitative estimate of drug-likeness (QED) is 0.253. The predicted octanol–water partition coefficient (Wildman–Crippen LogP) is 2.38. The van der Waals surface area contributed by atoms with Gasteiger partial charge in [-0.2, -0.15) is 0 Å². The van der Waals surface area contributed by atoms with E-state index in [0.29, 0.717) is 19.1 Å². The number of nitrogens with two attached hydrogens (primary N) is 1. The van der Waals surface area contributed by atoms with Crippen LogP contribution in [0.25, 0.3) is 0 Å². The lowest BCUT2D eigenvalue weighted by atomic mass is 10.1. The first kappa shape index (κ1) is 23.4. The van der Waals surface area contributed by atoms with Crippen LogP contribution in [0, 0.1) is 0 Å². The summed E-state index contributed by atoms with van der Waals surface area (Å²) in [5.74, 6) is 0.384. The lowest BCUT2D eigenvalue weighted by Gasteiger charge is -2.08. The van der Waals surface area contributed by atoms with Gasteiger partial charge in [-0.3, -0.25) is 0 Å². The summed E-state index contributed by atoms with van der Waals surface area (Å²) in [5.41, 5.74) is 6.67.